The van der Waals surface area contributed by atoms with Gasteiger partial charge in [0.25, 0.3) is 5.91 Å². The van der Waals surface area contributed by atoms with Crippen LogP contribution in [0.5, 0.6) is 0 Å². The molecule has 0 radical (unpaired) electrons. The molecular weight excluding hydrogens is 367 g/mol. The largest absolute Gasteiger partial charge is 0.326 e. The molecule has 0 unspecified atom stereocenters. The molecule has 29 heavy (non-hydrogen) atoms. The van der Waals surface area contributed by atoms with Crippen molar-refractivity contribution < 1.29 is 14.0 Å². The Morgan fingerprint density at radius 1 is 0.759 bits per heavy atom. The van der Waals surface area contributed by atoms with Crippen molar-refractivity contribution >= 4 is 23.2 Å². The van der Waals surface area contributed by atoms with E-state index in [1.807, 2.05) is 12.1 Å². The fourth-order valence-corrected chi connectivity index (χ4v) is 6.09. The van der Waals surface area contributed by atoms with Crippen molar-refractivity contribution in [1.82, 2.24) is 0 Å². The third kappa shape index (κ3) is 3.54. The summed E-state index contributed by atoms with van der Waals surface area (Å²) < 4.78 is 13.0. The molecule has 4 fully saturated rings. The quantitative estimate of drug-likeness (QED) is 0.748. The summed E-state index contributed by atoms with van der Waals surface area (Å²) in [6.07, 6.45) is 7.06. The summed E-state index contributed by atoms with van der Waals surface area (Å²) in [6, 6.07) is 12.6. The summed E-state index contributed by atoms with van der Waals surface area (Å²) in [5.41, 5.74) is 1.60. The van der Waals surface area contributed by atoms with Crippen molar-refractivity contribution in [2.75, 3.05) is 10.6 Å². The van der Waals surface area contributed by atoms with Crippen LogP contribution >= 0.6 is 0 Å². The van der Waals surface area contributed by atoms with Gasteiger partial charge < -0.3 is 10.6 Å². The number of anilines is 2. The van der Waals surface area contributed by atoms with Crippen LogP contribution in [0.3, 0.4) is 0 Å². The predicted molar refractivity (Wildman–Crippen MR) is 110 cm³/mol. The van der Waals surface area contributed by atoms with Crippen LogP contribution in [0.1, 0.15) is 48.9 Å². The van der Waals surface area contributed by atoms with Crippen LogP contribution in [0, 0.1) is 29.0 Å². The molecule has 0 aliphatic heterocycles. The van der Waals surface area contributed by atoms with Gasteiger partial charge in [0.05, 0.1) is 5.41 Å². The standard InChI is InChI=1S/C24H25FN2O2/c25-19-3-1-18(2-4-19)22(28)26-20-5-7-21(8-6-20)27-23(29)24-12-15-9-16(13-24)11-17(10-15)14-24/h1-8,15-17H,9-14H2,(H,26,28)(H,27,29). The zero-order chi connectivity index (χ0) is 20.0. The Morgan fingerprint density at radius 2 is 1.24 bits per heavy atom. The van der Waals surface area contributed by atoms with Crippen LogP contribution in [-0.4, -0.2) is 11.8 Å². The summed E-state index contributed by atoms with van der Waals surface area (Å²) in [7, 11) is 0. The van der Waals surface area contributed by atoms with E-state index in [1.165, 1.54) is 43.5 Å². The first-order valence-electron chi connectivity index (χ1n) is 10.5. The molecule has 4 nitrogen and oxygen atoms in total. The van der Waals surface area contributed by atoms with Gasteiger partial charge in [-0.25, -0.2) is 4.39 Å². The molecule has 4 aliphatic carbocycles. The van der Waals surface area contributed by atoms with Gasteiger partial charge in [0.15, 0.2) is 0 Å². The van der Waals surface area contributed by atoms with E-state index in [1.54, 1.807) is 12.1 Å². The summed E-state index contributed by atoms with van der Waals surface area (Å²) in [5.74, 6) is 1.69. The highest BCUT2D eigenvalue weighted by atomic mass is 19.1. The van der Waals surface area contributed by atoms with Crippen LogP contribution in [0.2, 0.25) is 0 Å². The van der Waals surface area contributed by atoms with Gasteiger partial charge in [-0.3, -0.25) is 9.59 Å². The second-order valence-corrected chi connectivity index (χ2v) is 9.19. The van der Waals surface area contributed by atoms with Gasteiger partial charge in [-0.15, -0.1) is 0 Å². The molecule has 0 atom stereocenters. The zero-order valence-corrected chi connectivity index (χ0v) is 16.3. The molecule has 5 heteroatoms. The third-order valence-corrected chi connectivity index (χ3v) is 7.03. The number of carbonyl (C=O) groups is 2. The molecule has 2 N–H and O–H groups in total. The van der Waals surface area contributed by atoms with Gasteiger partial charge in [-0.05, 0) is 105 Å². The van der Waals surface area contributed by atoms with E-state index in [-0.39, 0.29) is 23.0 Å². The highest BCUT2D eigenvalue weighted by Crippen LogP contribution is 2.60. The van der Waals surface area contributed by atoms with Crippen LogP contribution in [0.4, 0.5) is 15.8 Å². The minimum absolute atomic E-state index is 0.166. The fraction of sp³-hybridized carbons (Fsp3) is 0.417. The minimum Gasteiger partial charge on any atom is -0.326 e. The topological polar surface area (TPSA) is 58.2 Å². The van der Waals surface area contributed by atoms with E-state index >= 15 is 0 Å². The first-order valence-corrected chi connectivity index (χ1v) is 10.5. The first kappa shape index (κ1) is 18.3. The fourth-order valence-electron chi connectivity index (χ4n) is 6.09. The lowest BCUT2D eigenvalue weighted by molar-refractivity contribution is -0.140. The third-order valence-electron chi connectivity index (χ3n) is 7.03. The van der Waals surface area contributed by atoms with Crippen molar-refractivity contribution in [3.05, 3.63) is 59.9 Å². The van der Waals surface area contributed by atoms with E-state index < -0.39 is 0 Å². The lowest BCUT2D eigenvalue weighted by Crippen LogP contribution is -2.51. The molecule has 0 aromatic heterocycles. The maximum Gasteiger partial charge on any atom is 0.255 e. The van der Waals surface area contributed by atoms with E-state index in [9.17, 15) is 14.0 Å². The summed E-state index contributed by atoms with van der Waals surface area (Å²) in [4.78, 5) is 25.4. The number of halogens is 1. The van der Waals surface area contributed by atoms with E-state index in [4.69, 9.17) is 0 Å². The second kappa shape index (κ2) is 6.97. The molecule has 0 spiro atoms. The number of rotatable bonds is 4. The first-order chi connectivity index (χ1) is 14.0. The van der Waals surface area contributed by atoms with Crippen molar-refractivity contribution in [1.29, 1.82) is 0 Å². The lowest BCUT2D eigenvalue weighted by Gasteiger charge is -2.55. The Balaban J connectivity index is 1.23. The molecule has 4 saturated carbocycles. The molecule has 2 amide bonds. The SMILES string of the molecule is O=C(Nc1ccc(NC(=O)C23CC4CC(CC(C4)C2)C3)cc1)c1ccc(F)cc1. The van der Waals surface area contributed by atoms with E-state index in [0.717, 1.165) is 42.7 Å². The van der Waals surface area contributed by atoms with Crippen molar-refractivity contribution in [2.24, 2.45) is 23.2 Å². The van der Waals surface area contributed by atoms with Crippen LogP contribution < -0.4 is 10.6 Å². The summed E-state index contributed by atoms with van der Waals surface area (Å²) >= 11 is 0. The Hall–Kier alpha value is -2.69. The number of nitrogens with one attached hydrogen (secondary N) is 2. The number of hydrogen-bond donors (Lipinski definition) is 2. The van der Waals surface area contributed by atoms with Crippen molar-refractivity contribution in [2.45, 2.75) is 38.5 Å². The van der Waals surface area contributed by atoms with Gasteiger partial charge in [0.1, 0.15) is 5.82 Å². The monoisotopic (exact) mass is 392 g/mol. The van der Waals surface area contributed by atoms with E-state index in [0.29, 0.717) is 11.3 Å². The maximum absolute atomic E-state index is 13.1. The minimum atomic E-state index is -0.374. The summed E-state index contributed by atoms with van der Waals surface area (Å²) in [6.45, 7) is 0. The van der Waals surface area contributed by atoms with Gasteiger partial charge in [0, 0.05) is 16.9 Å². The van der Waals surface area contributed by atoms with E-state index in [2.05, 4.69) is 10.6 Å². The number of amides is 2. The second-order valence-electron chi connectivity index (χ2n) is 9.19. The Bertz CT molecular complexity index is 901. The number of benzene rings is 2. The molecule has 0 heterocycles. The highest BCUT2D eigenvalue weighted by Gasteiger charge is 2.54. The molecule has 4 bridgehead atoms. The zero-order valence-electron chi connectivity index (χ0n) is 16.3. The highest BCUT2D eigenvalue weighted by molar-refractivity contribution is 6.04. The van der Waals surface area contributed by atoms with Crippen LogP contribution in [0.15, 0.2) is 48.5 Å². The van der Waals surface area contributed by atoms with Gasteiger partial charge in [-0.2, -0.15) is 0 Å². The number of carbonyl (C=O) groups excluding carboxylic acids is 2. The van der Waals surface area contributed by atoms with Crippen molar-refractivity contribution in [3.63, 3.8) is 0 Å². The smallest absolute Gasteiger partial charge is 0.255 e. The maximum atomic E-state index is 13.1. The predicted octanol–water partition coefficient (Wildman–Crippen LogP) is 5.23. The lowest BCUT2D eigenvalue weighted by atomic mass is 9.49. The molecule has 6 rings (SSSR count). The summed E-state index contributed by atoms with van der Waals surface area (Å²) in [5, 5.41) is 5.92. The normalized spacial score (nSPS) is 29.5. The van der Waals surface area contributed by atoms with Crippen LogP contribution in [0.25, 0.3) is 0 Å². The van der Waals surface area contributed by atoms with Crippen LogP contribution in [-0.2, 0) is 4.79 Å². The Kier molecular flexibility index (Phi) is 4.41. The molecule has 150 valence electrons. The molecule has 4 aliphatic rings. The molecular formula is C24H25FN2O2. The number of hydrogen-bond acceptors (Lipinski definition) is 2. The average Bonchev–Trinajstić information content (AvgIpc) is 2.69. The van der Waals surface area contributed by atoms with Gasteiger partial charge in [-0.1, -0.05) is 0 Å². The average molecular weight is 392 g/mol. The molecule has 2 aromatic rings. The van der Waals surface area contributed by atoms with Gasteiger partial charge in [0.2, 0.25) is 5.91 Å². The molecule has 0 saturated heterocycles. The Labute approximate surface area is 169 Å². The van der Waals surface area contributed by atoms with Crippen molar-refractivity contribution in [3.8, 4) is 0 Å². The Morgan fingerprint density at radius 3 is 1.76 bits per heavy atom. The van der Waals surface area contributed by atoms with Gasteiger partial charge >= 0.3 is 0 Å². The molecule has 2 aromatic carbocycles.